The third-order valence-electron chi connectivity index (χ3n) is 5.10. The molecule has 0 aromatic carbocycles. The van der Waals surface area contributed by atoms with Gasteiger partial charge in [0.15, 0.2) is 5.78 Å². The summed E-state index contributed by atoms with van der Waals surface area (Å²) in [5.41, 5.74) is 1.13. The van der Waals surface area contributed by atoms with Crippen molar-refractivity contribution in [2.45, 2.75) is 6.92 Å². The minimum atomic E-state index is -1.78. The van der Waals surface area contributed by atoms with Crippen molar-refractivity contribution in [3.05, 3.63) is 35.9 Å². The number of methoxy groups -OCH3 is 4. The van der Waals surface area contributed by atoms with Crippen LogP contribution < -0.4 is 75.4 Å². The van der Waals surface area contributed by atoms with E-state index in [2.05, 4.69) is 19.9 Å². The molecule has 0 fully saturated rings. The number of carbonyl (C=O) groups excluding carboxylic acids is 4. The van der Waals surface area contributed by atoms with E-state index in [0.717, 1.165) is 7.11 Å². The van der Waals surface area contributed by atoms with Crippen molar-refractivity contribution in [3.8, 4) is 23.3 Å². The van der Waals surface area contributed by atoms with Crippen LogP contribution in [0.2, 0.25) is 0 Å². The summed E-state index contributed by atoms with van der Waals surface area (Å²) < 4.78 is 20.3. The zero-order valence-electron chi connectivity index (χ0n) is 22.3. The molecule has 4 aromatic rings. The number of aliphatic hydroxyl groups is 1. The van der Waals surface area contributed by atoms with Gasteiger partial charge >= 0.3 is 51.4 Å². The monoisotopic (exact) mass is 568 g/mol. The number of nitrogens with one attached hydrogen (secondary N) is 2. The van der Waals surface area contributed by atoms with Gasteiger partial charge in [-0.15, -0.1) is 0 Å². The average Bonchev–Trinajstić information content (AvgIpc) is 3.58. The van der Waals surface area contributed by atoms with Gasteiger partial charge in [0.25, 0.3) is 0 Å². The van der Waals surface area contributed by atoms with Crippen molar-refractivity contribution >= 4 is 45.1 Å². The smallest absolute Gasteiger partial charge is 0.541 e. The van der Waals surface area contributed by atoms with Crippen LogP contribution in [0.5, 0.6) is 23.3 Å². The summed E-state index contributed by atoms with van der Waals surface area (Å²) in [5.74, 6) is -2.76. The van der Waals surface area contributed by atoms with E-state index < -0.39 is 23.3 Å². The molecular formula is C24H25KN4O10. The molecule has 14 nitrogen and oxygen atoms in total. The average molecular weight is 569 g/mol. The topological polar surface area (TPSA) is 206 Å². The Kier molecular flexibility index (Phi) is 13.2. The molecule has 202 valence electrons. The first kappa shape index (κ1) is 33.7. The molecule has 0 unspecified atom stereocenters. The number of aromatic amines is 2. The molecule has 0 saturated heterocycles. The van der Waals surface area contributed by atoms with Gasteiger partial charge in [-0.3, -0.25) is 14.4 Å². The van der Waals surface area contributed by atoms with Crippen molar-refractivity contribution < 1.29 is 99.7 Å². The molecule has 0 radical (unpaired) electrons. The maximum Gasteiger partial charge on any atom is 1.00 e. The summed E-state index contributed by atoms with van der Waals surface area (Å²) >= 11 is 0. The van der Waals surface area contributed by atoms with E-state index in [0.29, 0.717) is 33.4 Å². The van der Waals surface area contributed by atoms with Crippen LogP contribution in [-0.4, -0.2) is 83.9 Å². The molecule has 4 rings (SSSR count). The van der Waals surface area contributed by atoms with Crippen LogP contribution in [0.1, 0.15) is 27.6 Å². The van der Waals surface area contributed by atoms with Crippen LogP contribution in [0.4, 0.5) is 0 Å². The number of rotatable bonds is 8. The normalized spacial score (nSPS) is 9.72. The number of carbonyl (C=O) groups is 4. The number of ether oxygens (including phenoxy) is 4. The number of hydrogen-bond donors (Lipinski definition) is 3. The fourth-order valence-electron chi connectivity index (χ4n) is 3.47. The number of aliphatic carboxylic acids is 1. The van der Waals surface area contributed by atoms with Gasteiger partial charge < -0.3 is 43.9 Å². The Hall–Kier alpha value is -3.34. The van der Waals surface area contributed by atoms with Crippen LogP contribution in [0.25, 0.3) is 21.8 Å². The number of aromatic nitrogens is 4. The van der Waals surface area contributed by atoms with E-state index in [4.69, 9.17) is 24.1 Å². The number of Topliss-reactive ketones (excluding diaryl/α,β-unsaturated/α-hetero) is 3. The first-order chi connectivity index (χ1) is 18.2. The molecule has 15 heteroatoms. The molecule has 39 heavy (non-hydrogen) atoms. The van der Waals surface area contributed by atoms with Gasteiger partial charge in [-0.1, -0.05) is 0 Å². The Morgan fingerprint density at radius 1 is 0.744 bits per heavy atom. The van der Waals surface area contributed by atoms with Gasteiger partial charge in [0, 0.05) is 26.4 Å². The van der Waals surface area contributed by atoms with Gasteiger partial charge in [-0.25, -0.2) is 9.97 Å². The van der Waals surface area contributed by atoms with Crippen LogP contribution in [-0.2, 0) is 9.59 Å². The second-order valence-corrected chi connectivity index (χ2v) is 7.08. The van der Waals surface area contributed by atoms with E-state index in [-0.39, 0.29) is 74.1 Å². The maximum atomic E-state index is 11.8. The maximum absolute atomic E-state index is 11.8. The Labute approximate surface area is 264 Å². The minimum Gasteiger partial charge on any atom is -0.541 e. The molecule has 0 bridgehead atoms. The van der Waals surface area contributed by atoms with E-state index in [1.807, 2.05) is 0 Å². The third kappa shape index (κ3) is 7.00. The zero-order valence-corrected chi connectivity index (χ0v) is 25.4. The molecule has 4 heterocycles. The first-order valence-electron chi connectivity index (χ1n) is 10.6. The van der Waals surface area contributed by atoms with E-state index in [1.54, 1.807) is 0 Å². The number of aliphatic hydroxyl groups excluding tert-OH is 1. The predicted octanol–water partition coefficient (Wildman–Crippen LogP) is -2.52. The number of nitrogens with zero attached hydrogens (tertiary/aromatic N) is 2. The largest absolute Gasteiger partial charge is 1.00 e. The Bertz CT molecular complexity index is 1380. The summed E-state index contributed by atoms with van der Waals surface area (Å²) in [5, 5.41) is 18.4. The van der Waals surface area contributed by atoms with E-state index in [9.17, 15) is 24.3 Å². The molecule has 0 aliphatic heterocycles. The van der Waals surface area contributed by atoms with Gasteiger partial charge in [0.2, 0.25) is 23.3 Å². The van der Waals surface area contributed by atoms with Crippen LogP contribution in [0.15, 0.2) is 24.8 Å². The van der Waals surface area contributed by atoms with Gasteiger partial charge in [-0.2, -0.15) is 0 Å². The number of carboxylic acids is 1. The molecule has 0 atom stereocenters. The summed E-state index contributed by atoms with van der Waals surface area (Å²) in [6, 6.07) is 0. The quantitative estimate of drug-likeness (QED) is 0.114. The molecule has 0 saturated carbocycles. The minimum absolute atomic E-state index is 0. The Morgan fingerprint density at radius 3 is 1.44 bits per heavy atom. The number of ketones is 3. The van der Waals surface area contributed by atoms with Crippen molar-refractivity contribution in [3.63, 3.8) is 0 Å². The van der Waals surface area contributed by atoms with Crippen molar-refractivity contribution in [2.24, 2.45) is 0 Å². The molecular weight excluding hydrogens is 543 g/mol. The molecule has 0 amide bonds. The summed E-state index contributed by atoms with van der Waals surface area (Å²) in [7, 11) is 6.75. The predicted molar refractivity (Wildman–Crippen MR) is 131 cm³/mol. The summed E-state index contributed by atoms with van der Waals surface area (Å²) in [6.45, 7) is 1.23. The number of pyridine rings is 2. The van der Waals surface area contributed by atoms with Crippen LogP contribution >= 0.6 is 0 Å². The van der Waals surface area contributed by atoms with Crippen LogP contribution in [0.3, 0.4) is 0 Å². The molecule has 0 spiro atoms. The summed E-state index contributed by atoms with van der Waals surface area (Å²) in [6.07, 6.45) is 5.52. The third-order valence-corrected chi connectivity index (χ3v) is 5.10. The first-order valence-corrected chi connectivity index (χ1v) is 10.6. The number of fused-ring (bicyclic) bond motifs is 2. The SMILES string of the molecule is CO.COc1ncc(OC)c2c(C(=O)C(=O)[O-])c[nH]c12.COc1ncc(OC)c2c(C(=O)C(C)=O)c[nH]c12.[K+]. The van der Waals surface area contributed by atoms with Crippen molar-refractivity contribution in [1.82, 2.24) is 19.9 Å². The van der Waals surface area contributed by atoms with Crippen LogP contribution in [0, 0.1) is 0 Å². The molecule has 0 aliphatic rings. The van der Waals surface area contributed by atoms with Gasteiger partial charge in [-0.05, 0) is 0 Å². The van der Waals surface area contributed by atoms with E-state index in [1.165, 1.54) is 60.2 Å². The standard InChI is InChI=1S/C12H12N2O4.C11H10N2O5.CH4O.K/c1-6(15)11(16)7-4-13-10-9(7)8(17-2)5-14-12(10)18-3;1-17-6-4-13-10(18-2)8-7(6)5(3-12-8)9(14)11(15)16;1-2;/h4-5,13H,1-3H3;3-4,12H,1-2H3,(H,15,16);2H,1H3;/q;;;+1/p-1. The van der Waals surface area contributed by atoms with Crippen molar-refractivity contribution in [2.75, 3.05) is 35.5 Å². The van der Waals surface area contributed by atoms with E-state index >= 15 is 0 Å². The number of carboxylic acid groups (broad SMARTS) is 1. The number of hydrogen-bond acceptors (Lipinski definition) is 12. The Morgan fingerprint density at radius 2 is 1.13 bits per heavy atom. The fourth-order valence-corrected chi connectivity index (χ4v) is 3.47. The Balaban J connectivity index is 0.000000358. The molecule has 4 aromatic heterocycles. The van der Waals surface area contributed by atoms with Gasteiger partial charge in [0.05, 0.1) is 62.7 Å². The number of H-pyrrole nitrogens is 2. The summed E-state index contributed by atoms with van der Waals surface area (Å²) in [4.78, 5) is 58.7. The molecule has 0 aliphatic carbocycles. The second kappa shape index (κ2) is 15.3. The fraction of sp³-hybridized carbons (Fsp3) is 0.250. The van der Waals surface area contributed by atoms with Crippen molar-refractivity contribution in [1.29, 1.82) is 0 Å². The molecule has 3 N–H and O–H groups in total. The second-order valence-electron chi connectivity index (χ2n) is 7.08. The zero-order chi connectivity index (χ0) is 28.6. The van der Waals surface area contributed by atoms with Gasteiger partial charge in [0.1, 0.15) is 28.5 Å².